The zero-order valence-electron chi connectivity index (χ0n) is 15.6. The Morgan fingerprint density at radius 1 is 1.21 bits per heavy atom. The van der Waals surface area contributed by atoms with Gasteiger partial charge in [-0.2, -0.15) is 18.0 Å². The largest absolute Gasteiger partial charge is 0.516 e. The van der Waals surface area contributed by atoms with E-state index in [0.717, 1.165) is 12.8 Å². The van der Waals surface area contributed by atoms with Crippen molar-refractivity contribution in [2.45, 2.75) is 51.3 Å². The van der Waals surface area contributed by atoms with Crippen molar-refractivity contribution in [2.24, 2.45) is 0 Å². The molecule has 0 unspecified atom stereocenters. The molecule has 1 spiro atoms. The molecule has 0 atom stereocenters. The van der Waals surface area contributed by atoms with E-state index in [2.05, 4.69) is 5.73 Å². The molecule has 1 amide bonds. The molecule has 0 aromatic heterocycles. The number of halogens is 3. The van der Waals surface area contributed by atoms with Gasteiger partial charge < -0.3 is 14.2 Å². The van der Waals surface area contributed by atoms with Crippen LogP contribution in [0.2, 0.25) is 0 Å². The summed E-state index contributed by atoms with van der Waals surface area (Å²) in [7, 11) is 0. The lowest BCUT2D eigenvalue weighted by molar-refractivity contribution is -0.280. The first-order valence-electron chi connectivity index (χ1n) is 8.85. The summed E-state index contributed by atoms with van der Waals surface area (Å²) >= 11 is 0. The molecule has 1 saturated carbocycles. The minimum absolute atomic E-state index is 0.0364. The van der Waals surface area contributed by atoms with Crippen LogP contribution in [-0.4, -0.2) is 30.4 Å². The van der Waals surface area contributed by atoms with E-state index in [1.807, 2.05) is 0 Å². The van der Waals surface area contributed by atoms with Gasteiger partial charge in [-0.3, -0.25) is 5.73 Å². The summed E-state index contributed by atoms with van der Waals surface area (Å²) < 4.78 is 53.0. The molecule has 28 heavy (non-hydrogen) atoms. The average Bonchev–Trinajstić information content (AvgIpc) is 3.11. The molecular formula is C19H21F3NO5+. The molecule has 1 aliphatic carbocycles. The van der Waals surface area contributed by atoms with Gasteiger partial charge in [-0.05, 0) is 68.4 Å². The number of quaternary nitrogens is 1. The number of carbonyl (C=O) groups excluding carboxylic acids is 2. The van der Waals surface area contributed by atoms with Gasteiger partial charge in [0.05, 0.1) is 0 Å². The Morgan fingerprint density at radius 2 is 1.79 bits per heavy atom. The quantitative estimate of drug-likeness (QED) is 0.784. The fourth-order valence-corrected chi connectivity index (χ4v) is 3.91. The third-order valence-corrected chi connectivity index (χ3v) is 4.92. The number of aryl methyl sites for hydroxylation is 2. The average molecular weight is 400 g/mol. The van der Waals surface area contributed by atoms with Crippen molar-refractivity contribution in [3.63, 3.8) is 0 Å². The predicted octanol–water partition coefficient (Wildman–Crippen LogP) is 3.20. The molecule has 1 aromatic carbocycles. The second-order valence-electron chi connectivity index (χ2n) is 7.11. The lowest BCUT2D eigenvalue weighted by atomic mass is 9.91. The van der Waals surface area contributed by atoms with Crippen LogP contribution in [0.25, 0.3) is 5.57 Å². The van der Waals surface area contributed by atoms with Crippen LogP contribution >= 0.6 is 0 Å². The topological polar surface area (TPSA) is 89.5 Å². The highest BCUT2D eigenvalue weighted by atomic mass is 19.4. The minimum Gasteiger partial charge on any atom is -0.484 e. The first-order valence-corrected chi connectivity index (χ1v) is 8.85. The summed E-state index contributed by atoms with van der Waals surface area (Å²) in [4.78, 5) is 24.3. The van der Waals surface area contributed by atoms with Gasteiger partial charge in [0.25, 0.3) is 0 Å². The number of hydrogen-bond acceptors (Lipinski definition) is 5. The summed E-state index contributed by atoms with van der Waals surface area (Å²) in [5, 5.41) is 0. The Hall–Kier alpha value is -2.55. The van der Waals surface area contributed by atoms with E-state index in [1.165, 1.54) is 12.1 Å². The van der Waals surface area contributed by atoms with Crippen molar-refractivity contribution in [1.82, 2.24) is 0 Å². The molecule has 1 fully saturated rings. The summed E-state index contributed by atoms with van der Waals surface area (Å²) in [6.07, 6.45) is -2.55. The highest BCUT2D eigenvalue weighted by Crippen LogP contribution is 2.49. The van der Waals surface area contributed by atoms with Crippen LogP contribution in [0.3, 0.4) is 0 Å². The van der Waals surface area contributed by atoms with Crippen molar-refractivity contribution in [1.29, 1.82) is 0 Å². The maximum Gasteiger partial charge on any atom is 0.516 e. The van der Waals surface area contributed by atoms with Crippen LogP contribution in [-0.2, 0) is 14.3 Å². The third-order valence-electron chi connectivity index (χ3n) is 4.92. The molecule has 2 aliphatic rings. The van der Waals surface area contributed by atoms with Gasteiger partial charge in [-0.15, -0.1) is 0 Å². The number of carbonyl (C=O) groups is 2. The smallest absolute Gasteiger partial charge is 0.484 e. The van der Waals surface area contributed by atoms with E-state index >= 15 is 0 Å². The Morgan fingerprint density at radius 3 is 2.29 bits per heavy atom. The molecule has 1 heterocycles. The Labute approximate surface area is 159 Å². The van der Waals surface area contributed by atoms with Crippen LogP contribution in [0.15, 0.2) is 17.9 Å². The van der Waals surface area contributed by atoms with Gasteiger partial charge in [0.15, 0.2) is 18.0 Å². The minimum atomic E-state index is -4.46. The molecule has 3 rings (SSSR count). The number of alkyl halides is 3. The van der Waals surface area contributed by atoms with E-state index in [-0.39, 0.29) is 17.1 Å². The molecule has 6 nitrogen and oxygen atoms in total. The molecule has 1 aliphatic heterocycles. The first kappa shape index (κ1) is 20.2. The molecule has 0 saturated heterocycles. The summed E-state index contributed by atoms with van der Waals surface area (Å²) in [6.45, 7) is 1.88. The van der Waals surface area contributed by atoms with Gasteiger partial charge in [0, 0.05) is 0 Å². The number of hydrogen-bond donors (Lipinski definition) is 1. The van der Waals surface area contributed by atoms with Gasteiger partial charge >= 0.3 is 18.2 Å². The van der Waals surface area contributed by atoms with Crippen LogP contribution < -0.4 is 10.5 Å². The van der Waals surface area contributed by atoms with Crippen LogP contribution in [0, 0.1) is 13.8 Å². The molecule has 1 aromatic rings. The van der Waals surface area contributed by atoms with Crippen molar-refractivity contribution in [2.75, 3.05) is 6.61 Å². The standard InChI is InChI=1S/C19H20F3NO5/c1-10-7-12(26-9-19(20,21)22)8-11(2)13(10)14-15(27-17(23)25)18(28-16(14)24)5-3-4-6-18/h7-8H,3-6,9H2,1-2H3,(H2,23,25)/p+1. The van der Waals surface area contributed by atoms with Gasteiger partial charge in [-0.25, -0.2) is 4.79 Å². The molecule has 3 N–H and O–H groups in total. The molecular weight excluding hydrogens is 379 g/mol. The molecule has 0 bridgehead atoms. The van der Waals surface area contributed by atoms with E-state index < -0.39 is 30.4 Å². The fraction of sp³-hybridized carbons (Fsp3) is 0.474. The van der Waals surface area contributed by atoms with Crippen LogP contribution in [0.4, 0.5) is 18.0 Å². The van der Waals surface area contributed by atoms with Gasteiger partial charge in [0.1, 0.15) is 11.3 Å². The summed E-state index contributed by atoms with van der Waals surface area (Å²) in [5.74, 6) is -0.437. The maximum atomic E-state index is 12.7. The lowest BCUT2D eigenvalue weighted by Gasteiger charge is -2.23. The lowest BCUT2D eigenvalue weighted by Crippen LogP contribution is -2.57. The Balaban J connectivity index is 2.06. The van der Waals surface area contributed by atoms with Gasteiger partial charge in [-0.1, -0.05) is 0 Å². The Kier molecular flexibility index (Phi) is 5.14. The Bertz CT molecular complexity index is 831. The zero-order chi connectivity index (χ0) is 20.7. The summed E-state index contributed by atoms with van der Waals surface area (Å²) in [5.41, 5.74) is 3.85. The number of esters is 1. The van der Waals surface area contributed by atoms with E-state index in [9.17, 15) is 22.8 Å². The van der Waals surface area contributed by atoms with Crippen molar-refractivity contribution in [3.05, 3.63) is 34.6 Å². The second-order valence-corrected chi connectivity index (χ2v) is 7.11. The molecule has 9 heteroatoms. The molecule has 152 valence electrons. The first-order chi connectivity index (χ1) is 13.0. The third kappa shape index (κ3) is 3.84. The van der Waals surface area contributed by atoms with Crippen molar-refractivity contribution >= 4 is 17.6 Å². The monoisotopic (exact) mass is 400 g/mol. The number of ether oxygens (including phenoxy) is 3. The fourth-order valence-electron chi connectivity index (χ4n) is 3.91. The predicted molar refractivity (Wildman–Crippen MR) is 91.0 cm³/mol. The van der Waals surface area contributed by atoms with E-state index in [0.29, 0.717) is 29.5 Å². The molecule has 0 radical (unpaired) electrons. The zero-order valence-corrected chi connectivity index (χ0v) is 15.6. The van der Waals surface area contributed by atoms with Crippen LogP contribution in [0.5, 0.6) is 5.75 Å². The van der Waals surface area contributed by atoms with Crippen molar-refractivity contribution in [3.8, 4) is 5.75 Å². The van der Waals surface area contributed by atoms with E-state index in [4.69, 9.17) is 14.2 Å². The summed E-state index contributed by atoms with van der Waals surface area (Å²) in [6, 6.07) is 2.83. The normalized spacial score (nSPS) is 18.6. The maximum absolute atomic E-state index is 12.7. The van der Waals surface area contributed by atoms with Gasteiger partial charge in [0.2, 0.25) is 0 Å². The number of rotatable bonds is 4. The van der Waals surface area contributed by atoms with Crippen LogP contribution in [0.1, 0.15) is 42.4 Å². The highest BCUT2D eigenvalue weighted by Gasteiger charge is 2.53. The highest BCUT2D eigenvalue weighted by molar-refractivity contribution is 6.20. The number of amides is 1. The van der Waals surface area contributed by atoms with E-state index in [1.54, 1.807) is 13.8 Å². The van der Waals surface area contributed by atoms with Crippen molar-refractivity contribution < 1.29 is 42.7 Å². The number of benzene rings is 1. The second kappa shape index (κ2) is 7.12. The SMILES string of the molecule is Cc1cc(OCC(F)(F)F)cc(C)c1C1=C(OC([NH3+])=O)C2(CCCC2)OC1=O.